The highest BCUT2D eigenvalue weighted by molar-refractivity contribution is 7.92. The molecule has 0 aliphatic heterocycles. The number of aromatic nitrogens is 5. The van der Waals surface area contributed by atoms with Crippen LogP contribution in [-0.4, -0.2) is 32.6 Å². The number of nitrogens with zero attached hydrogens (tertiary/aromatic N) is 5. The summed E-state index contributed by atoms with van der Waals surface area (Å²) in [5, 5.41) is 3.79. The number of halogens is 2. The fourth-order valence-electron chi connectivity index (χ4n) is 2.41. The van der Waals surface area contributed by atoms with Crippen molar-refractivity contribution in [3.05, 3.63) is 69.7 Å². The smallest absolute Gasteiger partial charge is 0.276 e. The fraction of sp³-hybridized carbons (Fsp3) is 0. The Morgan fingerprint density at radius 1 is 1.00 bits per heavy atom. The molecule has 4 rings (SSSR count). The van der Waals surface area contributed by atoms with E-state index in [0.29, 0.717) is 0 Å². The average Bonchev–Trinajstić information content (AvgIpc) is 3.12. The SMILES string of the molecule is O=S(=O)(Nc1c(Cl)cccc1Cl)c1nc2ncn(-c3ccccc3)c(=S)n2n1. The third kappa shape index (κ3) is 3.35. The Hall–Kier alpha value is -2.53. The second-order valence-corrected chi connectivity index (χ2v) is 8.30. The van der Waals surface area contributed by atoms with Crippen molar-refractivity contribution in [3.8, 4) is 5.69 Å². The maximum Gasteiger partial charge on any atom is 0.299 e. The standard InChI is InChI=1S/C16H10Cl2N6O2S2/c17-11-7-4-8-12(18)13(11)22-28(25,26)15-20-14-19-9-23(16(27)24(14)21-15)10-5-2-1-3-6-10/h1-9,22H. The van der Waals surface area contributed by atoms with Crippen molar-refractivity contribution in [1.82, 2.24) is 24.1 Å². The first-order chi connectivity index (χ1) is 13.4. The molecule has 0 fully saturated rings. The molecule has 0 saturated heterocycles. The number of para-hydroxylation sites is 2. The van der Waals surface area contributed by atoms with Gasteiger partial charge >= 0.3 is 0 Å². The highest BCUT2D eigenvalue weighted by atomic mass is 35.5. The molecule has 0 saturated carbocycles. The van der Waals surface area contributed by atoms with Gasteiger partial charge in [-0.2, -0.15) is 17.9 Å². The molecule has 2 aromatic heterocycles. The number of nitrogens with one attached hydrogen (secondary N) is 1. The van der Waals surface area contributed by atoms with Crippen LogP contribution in [0.5, 0.6) is 0 Å². The highest BCUT2D eigenvalue weighted by Crippen LogP contribution is 2.31. The fourth-order valence-corrected chi connectivity index (χ4v) is 4.26. The summed E-state index contributed by atoms with van der Waals surface area (Å²) in [5.41, 5.74) is 0.790. The molecule has 2 aromatic carbocycles. The lowest BCUT2D eigenvalue weighted by atomic mass is 10.3. The molecule has 12 heteroatoms. The van der Waals surface area contributed by atoms with E-state index in [1.807, 2.05) is 30.3 Å². The van der Waals surface area contributed by atoms with E-state index in [1.165, 1.54) is 23.0 Å². The van der Waals surface area contributed by atoms with Gasteiger partial charge < -0.3 is 0 Å². The van der Waals surface area contributed by atoms with Crippen LogP contribution in [0.4, 0.5) is 5.69 Å². The molecule has 0 amide bonds. The van der Waals surface area contributed by atoms with Crippen molar-refractivity contribution >= 4 is 56.9 Å². The Bertz CT molecular complexity index is 1330. The lowest BCUT2D eigenvalue weighted by Crippen LogP contribution is -2.15. The minimum absolute atomic E-state index is 0.0376. The topological polar surface area (TPSA) is 94.2 Å². The minimum atomic E-state index is -4.17. The van der Waals surface area contributed by atoms with Gasteiger partial charge in [0.2, 0.25) is 4.77 Å². The summed E-state index contributed by atoms with van der Waals surface area (Å²) in [6.07, 6.45) is 1.45. The predicted octanol–water partition coefficient (Wildman–Crippen LogP) is 3.75. The van der Waals surface area contributed by atoms with E-state index in [2.05, 4.69) is 19.8 Å². The maximum atomic E-state index is 12.7. The van der Waals surface area contributed by atoms with Crippen LogP contribution < -0.4 is 4.72 Å². The van der Waals surface area contributed by atoms with Crippen LogP contribution in [0.15, 0.2) is 60.0 Å². The molecule has 0 aliphatic carbocycles. The lowest BCUT2D eigenvalue weighted by molar-refractivity contribution is 0.591. The molecular weight excluding hydrogens is 443 g/mol. The normalized spacial score (nSPS) is 11.6. The van der Waals surface area contributed by atoms with Crippen molar-refractivity contribution in [2.75, 3.05) is 4.72 Å². The molecule has 142 valence electrons. The number of anilines is 1. The van der Waals surface area contributed by atoms with Gasteiger partial charge in [-0.25, -0.2) is 4.98 Å². The van der Waals surface area contributed by atoms with Crippen molar-refractivity contribution in [1.29, 1.82) is 0 Å². The predicted molar refractivity (Wildman–Crippen MR) is 108 cm³/mol. The number of fused-ring (bicyclic) bond motifs is 1. The highest BCUT2D eigenvalue weighted by Gasteiger charge is 2.24. The Morgan fingerprint density at radius 3 is 2.36 bits per heavy atom. The summed E-state index contributed by atoms with van der Waals surface area (Å²) in [7, 11) is -4.17. The van der Waals surface area contributed by atoms with E-state index >= 15 is 0 Å². The zero-order valence-corrected chi connectivity index (χ0v) is 17.0. The van der Waals surface area contributed by atoms with Crippen LogP contribution in [0.25, 0.3) is 11.5 Å². The molecular formula is C16H10Cl2N6O2S2. The Morgan fingerprint density at radius 2 is 1.68 bits per heavy atom. The summed E-state index contributed by atoms with van der Waals surface area (Å²) < 4.78 is 30.7. The molecule has 0 atom stereocenters. The third-order valence-corrected chi connectivity index (χ3v) is 5.85. The summed E-state index contributed by atoms with van der Waals surface area (Å²) in [6.45, 7) is 0. The van der Waals surface area contributed by atoms with Crippen LogP contribution in [0, 0.1) is 4.77 Å². The van der Waals surface area contributed by atoms with E-state index in [0.717, 1.165) is 5.69 Å². The quantitative estimate of drug-likeness (QED) is 0.473. The van der Waals surface area contributed by atoms with Crippen molar-refractivity contribution in [3.63, 3.8) is 0 Å². The molecule has 1 N–H and O–H groups in total. The van der Waals surface area contributed by atoms with Gasteiger partial charge in [-0.15, -0.1) is 5.10 Å². The Labute approximate surface area is 174 Å². The summed E-state index contributed by atoms with van der Waals surface area (Å²) in [4.78, 5) is 8.10. The number of hydrogen-bond donors (Lipinski definition) is 1. The van der Waals surface area contributed by atoms with Gasteiger partial charge in [0.1, 0.15) is 6.33 Å². The molecule has 0 spiro atoms. The van der Waals surface area contributed by atoms with Gasteiger partial charge in [0.25, 0.3) is 21.0 Å². The van der Waals surface area contributed by atoms with Gasteiger partial charge in [-0.05, 0) is 36.5 Å². The lowest BCUT2D eigenvalue weighted by Gasteiger charge is -2.08. The second-order valence-electron chi connectivity index (χ2n) is 5.54. The first-order valence-electron chi connectivity index (χ1n) is 7.73. The third-order valence-electron chi connectivity index (χ3n) is 3.72. The molecule has 0 bridgehead atoms. The maximum absolute atomic E-state index is 12.7. The van der Waals surface area contributed by atoms with Crippen molar-refractivity contribution < 1.29 is 8.42 Å². The summed E-state index contributed by atoms with van der Waals surface area (Å²) in [6, 6.07) is 13.8. The van der Waals surface area contributed by atoms with Gasteiger partial charge in [-0.3, -0.25) is 9.29 Å². The van der Waals surface area contributed by atoms with Crippen LogP contribution in [0.2, 0.25) is 10.0 Å². The van der Waals surface area contributed by atoms with E-state index < -0.39 is 15.2 Å². The van der Waals surface area contributed by atoms with E-state index in [9.17, 15) is 8.42 Å². The first-order valence-corrected chi connectivity index (χ1v) is 10.4. The van der Waals surface area contributed by atoms with E-state index in [1.54, 1.807) is 10.6 Å². The Balaban J connectivity index is 1.80. The van der Waals surface area contributed by atoms with E-state index in [-0.39, 0.29) is 26.3 Å². The average molecular weight is 453 g/mol. The van der Waals surface area contributed by atoms with Gasteiger partial charge in [0, 0.05) is 5.69 Å². The van der Waals surface area contributed by atoms with Gasteiger partial charge in [0.05, 0.1) is 15.7 Å². The number of hydrogen-bond acceptors (Lipinski definition) is 6. The molecule has 0 unspecified atom stereocenters. The van der Waals surface area contributed by atoms with Gasteiger partial charge in [0.15, 0.2) is 0 Å². The second kappa shape index (κ2) is 7.13. The zero-order chi connectivity index (χ0) is 19.9. The molecule has 0 aliphatic rings. The van der Waals surface area contributed by atoms with Crippen LogP contribution in [-0.2, 0) is 10.0 Å². The molecule has 28 heavy (non-hydrogen) atoms. The summed E-state index contributed by atoms with van der Waals surface area (Å²) >= 11 is 17.5. The monoisotopic (exact) mass is 452 g/mol. The molecule has 0 radical (unpaired) electrons. The molecule has 2 heterocycles. The Kier molecular flexibility index (Phi) is 4.79. The van der Waals surface area contributed by atoms with Crippen LogP contribution in [0.3, 0.4) is 0 Å². The van der Waals surface area contributed by atoms with E-state index in [4.69, 9.17) is 35.4 Å². The van der Waals surface area contributed by atoms with Crippen LogP contribution >= 0.6 is 35.4 Å². The van der Waals surface area contributed by atoms with Gasteiger partial charge in [-0.1, -0.05) is 47.5 Å². The molecule has 8 nitrogen and oxygen atoms in total. The number of benzene rings is 2. The number of sulfonamides is 1. The number of rotatable bonds is 4. The largest absolute Gasteiger partial charge is 0.299 e. The zero-order valence-electron chi connectivity index (χ0n) is 13.8. The van der Waals surface area contributed by atoms with Crippen molar-refractivity contribution in [2.24, 2.45) is 0 Å². The minimum Gasteiger partial charge on any atom is -0.276 e. The molecule has 4 aromatic rings. The summed E-state index contributed by atoms with van der Waals surface area (Å²) in [5.74, 6) is 0.0443. The van der Waals surface area contributed by atoms with Crippen LogP contribution in [0.1, 0.15) is 0 Å². The van der Waals surface area contributed by atoms with Crippen molar-refractivity contribution in [2.45, 2.75) is 5.16 Å². The first kappa shape index (κ1) is 18.8.